The number of anilines is 2. The summed E-state index contributed by atoms with van der Waals surface area (Å²) in [5.41, 5.74) is 7.87. The van der Waals surface area contributed by atoms with Crippen molar-refractivity contribution >= 4 is 35.0 Å². The van der Waals surface area contributed by atoms with E-state index >= 15 is 0 Å². The predicted molar refractivity (Wildman–Crippen MR) is 145 cm³/mol. The fourth-order valence-corrected chi connectivity index (χ4v) is 4.65. The van der Waals surface area contributed by atoms with Gasteiger partial charge in [0.05, 0.1) is 13.2 Å². The molecule has 1 aliphatic rings. The van der Waals surface area contributed by atoms with E-state index in [1.807, 2.05) is 36.4 Å². The van der Waals surface area contributed by atoms with Crippen LogP contribution in [0.15, 0.2) is 72.8 Å². The first kappa shape index (κ1) is 26.4. The Bertz CT molecular complexity index is 1370. The molecule has 0 saturated carbocycles. The van der Waals surface area contributed by atoms with Gasteiger partial charge in [-0.05, 0) is 54.8 Å². The Morgan fingerprint density at radius 2 is 1.71 bits per heavy atom. The van der Waals surface area contributed by atoms with Gasteiger partial charge in [0.25, 0.3) is 0 Å². The number of hydrogen-bond acceptors (Lipinski definition) is 6. The van der Waals surface area contributed by atoms with Crippen LogP contribution in [0, 0.1) is 10.8 Å². The maximum atomic E-state index is 13.5. The molecular formula is C29H30N4O5. The van der Waals surface area contributed by atoms with Gasteiger partial charge in [0.1, 0.15) is 23.6 Å². The van der Waals surface area contributed by atoms with Gasteiger partial charge in [-0.2, -0.15) is 0 Å². The molecule has 0 radical (unpaired) electrons. The number of rotatable bonds is 8. The molecule has 3 aromatic carbocycles. The Hall–Kier alpha value is -4.66. The van der Waals surface area contributed by atoms with Crippen LogP contribution in [-0.2, 0) is 19.1 Å². The standard InChI is InChI=1S/C29H30N4O5/c1-18(34)32-22-5-4-6-23(15-22)33-24(16-29(2,27(33)35)28(36)37-3)17-38-25-13-11-20(12-14-25)19-7-9-21(10-8-19)26(30)31/h4-15,24H,16-17H2,1-3H3,(H3,30,31)(H,32,34)/t24-,29-/m0/s1. The largest absolute Gasteiger partial charge is 0.491 e. The van der Waals surface area contributed by atoms with E-state index in [2.05, 4.69) is 5.32 Å². The number of carbonyl (C=O) groups is 3. The molecule has 0 spiro atoms. The lowest BCUT2D eigenvalue weighted by atomic mass is 9.87. The molecule has 0 bridgehead atoms. The van der Waals surface area contributed by atoms with Gasteiger partial charge < -0.3 is 25.4 Å². The molecule has 0 aromatic heterocycles. The molecule has 1 fully saturated rings. The number of amides is 2. The molecular weight excluding hydrogens is 484 g/mol. The molecule has 4 rings (SSSR count). The van der Waals surface area contributed by atoms with E-state index in [0.29, 0.717) is 22.7 Å². The molecule has 196 valence electrons. The summed E-state index contributed by atoms with van der Waals surface area (Å²) in [5.74, 6) is -0.590. The first-order valence-corrected chi connectivity index (χ1v) is 12.1. The molecule has 4 N–H and O–H groups in total. The van der Waals surface area contributed by atoms with Crippen molar-refractivity contribution in [3.05, 3.63) is 78.4 Å². The van der Waals surface area contributed by atoms with Crippen molar-refractivity contribution in [2.24, 2.45) is 11.1 Å². The average Bonchev–Trinajstić information content (AvgIpc) is 3.17. The first-order valence-electron chi connectivity index (χ1n) is 12.1. The van der Waals surface area contributed by atoms with Gasteiger partial charge in [-0.3, -0.25) is 19.8 Å². The number of nitrogens with two attached hydrogens (primary N) is 1. The third kappa shape index (κ3) is 5.36. The maximum Gasteiger partial charge on any atom is 0.321 e. The third-order valence-electron chi connectivity index (χ3n) is 6.61. The van der Waals surface area contributed by atoms with Gasteiger partial charge >= 0.3 is 5.97 Å². The number of nitrogens with zero attached hydrogens (tertiary/aromatic N) is 1. The first-order chi connectivity index (χ1) is 18.1. The van der Waals surface area contributed by atoms with Crippen molar-refractivity contribution in [1.82, 2.24) is 0 Å². The van der Waals surface area contributed by atoms with Gasteiger partial charge in [0, 0.05) is 23.9 Å². The van der Waals surface area contributed by atoms with Crippen LogP contribution in [0.1, 0.15) is 25.8 Å². The summed E-state index contributed by atoms with van der Waals surface area (Å²) in [6, 6.07) is 21.4. The zero-order valence-corrected chi connectivity index (χ0v) is 21.5. The molecule has 38 heavy (non-hydrogen) atoms. The lowest BCUT2D eigenvalue weighted by molar-refractivity contribution is -0.155. The number of methoxy groups -OCH3 is 1. The van der Waals surface area contributed by atoms with Crippen LogP contribution in [0.4, 0.5) is 11.4 Å². The van der Waals surface area contributed by atoms with Crippen LogP contribution >= 0.6 is 0 Å². The fourth-order valence-electron chi connectivity index (χ4n) is 4.65. The molecule has 0 unspecified atom stereocenters. The smallest absolute Gasteiger partial charge is 0.321 e. The van der Waals surface area contributed by atoms with Crippen molar-refractivity contribution in [2.45, 2.75) is 26.3 Å². The second-order valence-electron chi connectivity index (χ2n) is 9.41. The van der Waals surface area contributed by atoms with Crippen LogP contribution in [0.25, 0.3) is 11.1 Å². The Morgan fingerprint density at radius 3 is 2.29 bits per heavy atom. The van der Waals surface area contributed by atoms with Gasteiger partial charge in [-0.1, -0.05) is 42.5 Å². The highest BCUT2D eigenvalue weighted by Gasteiger charge is 2.55. The van der Waals surface area contributed by atoms with Crippen LogP contribution < -0.4 is 20.7 Å². The number of benzene rings is 3. The molecule has 1 saturated heterocycles. The second-order valence-corrected chi connectivity index (χ2v) is 9.41. The summed E-state index contributed by atoms with van der Waals surface area (Å²) in [5, 5.41) is 10.2. The van der Waals surface area contributed by atoms with Crippen molar-refractivity contribution in [2.75, 3.05) is 23.9 Å². The number of ether oxygens (including phenoxy) is 2. The molecule has 9 heteroatoms. The highest BCUT2D eigenvalue weighted by molar-refractivity contribution is 6.12. The van der Waals surface area contributed by atoms with Crippen LogP contribution in [0.3, 0.4) is 0 Å². The monoisotopic (exact) mass is 514 g/mol. The lowest BCUT2D eigenvalue weighted by Crippen LogP contribution is -2.41. The van der Waals surface area contributed by atoms with E-state index in [9.17, 15) is 14.4 Å². The molecule has 1 aliphatic heterocycles. The van der Waals surface area contributed by atoms with Crippen LogP contribution in [-0.4, -0.2) is 43.4 Å². The summed E-state index contributed by atoms with van der Waals surface area (Å²) >= 11 is 0. The van der Waals surface area contributed by atoms with Gasteiger partial charge in [0.15, 0.2) is 0 Å². The molecule has 3 aromatic rings. The number of nitrogens with one attached hydrogen (secondary N) is 2. The lowest BCUT2D eigenvalue weighted by Gasteiger charge is -2.26. The van der Waals surface area contributed by atoms with E-state index in [-0.39, 0.29) is 30.7 Å². The Kier molecular flexibility index (Phi) is 7.47. The Balaban J connectivity index is 1.54. The number of amidine groups is 1. The third-order valence-corrected chi connectivity index (χ3v) is 6.61. The van der Waals surface area contributed by atoms with Gasteiger partial charge in [0.2, 0.25) is 11.8 Å². The van der Waals surface area contributed by atoms with Crippen LogP contribution in [0.5, 0.6) is 5.75 Å². The minimum atomic E-state index is -1.36. The zero-order chi connectivity index (χ0) is 27.4. The van der Waals surface area contributed by atoms with Gasteiger partial charge in [-0.25, -0.2) is 0 Å². The summed E-state index contributed by atoms with van der Waals surface area (Å²) in [6.45, 7) is 3.14. The number of carbonyl (C=O) groups excluding carboxylic acids is 3. The molecule has 9 nitrogen and oxygen atoms in total. The van der Waals surface area contributed by atoms with Crippen molar-refractivity contribution in [1.29, 1.82) is 5.41 Å². The quantitative estimate of drug-likeness (QED) is 0.180. The summed E-state index contributed by atoms with van der Waals surface area (Å²) < 4.78 is 11.0. The molecule has 0 aliphatic carbocycles. The van der Waals surface area contributed by atoms with Crippen molar-refractivity contribution in [3.63, 3.8) is 0 Å². The zero-order valence-electron chi connectivity index (χ0n) is 21.5. The minimum Gasteiger partial charge on any atom is -0.491 e. The number of hydrogen-bond donors (Lipinski definition) is 3. The second kappa shape index (κ2) is 10.8. The topological polar surface area (TPSA) is 135 Å². The van der Waals surface area contributed by atoms with Crippen LogP contribution in [0.2, 0.25) is 0 Å². The highest BCUT2D eigenvalue weighted by Crippen LogP contribution is 2.40. The van der Waals surface area contributed by atoms with E-state index in [1.54, 1.807) is 48.2 Å². The number of nitrogen functional groups attached to an aromatic ring is 1. The Morgan fingerprint density at radius 1 is 1.08 bits per heavy atom. The summed E-state index contributed by atoms with van der Waals surface area (Å²) in [6.07, 6.45) is 0.212. The Labute approximate surface area is 221 Å². The average molecular weight is 515 g/mol. The van der Waals surface area contributed by atoms with E-state index < -0.39 is 17.4 Å². The number of esters is 1. The normalized spacial score (nSPS) is 18.7. The SMILES string of the molecule is COC(=O)[C@@]1(C)C[C@@H](COc2ccc(-c3ccc(C(=N)N)cc3)cc2)N(c2cccc(NC(C)=O)c2)C1=O. The van der Waals surface area contributed by atoms with E-state index in [0.717, 1.165) is 11.1 Å². The minimum absolute atomic E-state index is 0.0184. The molecule has 2 amide bonds. The highest BCUT2D eigenvalue weighted by atomic mass is 16.5. The maximum absolute atomic E-state index is 13.5. The van der Waals surface area contributed by atoms with E-state index in [4.69, 9.17) is 20.6 Å². The van der Waals surface area contributed by atoms with Crippen molar-refractivity contribution < 1.29 is 23.9 Å². The molecule has 2 atom stereocenters. The van der Waals surface area contributed by atoms with Gasteiger partial charge in [-0.15, -0.1) is 0 Å². The van der Waals surface area contributed by atoms with Crippen molar-refractivity contribution in [3.8, 4) is 16.9 Å². The molecule has 1 heterocycles. The van der Waals surface area contributed by atoms with E-state index in [1.165, 1.54) is 14.0 Å². The summed E-state index contributed by atoms with van der Waals surface area (Å²) in [4.78, 5) is 39.2. The summed E-state index contributed by atoms with van der Waals surface area (Å²) in [7, 11) is 1.27. The fraction of sp³-hybridized carbons (Fsp3) is 0.241. The predicted octanol–water partition coefficient (Wildman–Crippen LogP) is 3.96.